The second-order valence-electron chi connectivity index (χ2n) is 5.31. The Morgan fingerprint density at radius 1 is 1.41 bits per heavy atom. The van der Waals surface area contributed by atoms with Gasteiger partial charge in [-0.2, -0.15) is 0 Å². The molecule has 1 fully saturated rings. The van der Waals surface area contributed by atoms with Crippen LogP contribution in [0.15, 0.2) is 0 Å². The molecule has 1 aliphatic rings. The smallest absolute Gasteiger partial charge is 0.332 e. The van der Waals surface area contributed by atoms with Crippen molar-refractivity contribution in [3.05, 3.63) is 0 Å². The van der Waals surface area contributed by atoms with E-state index in [2.05, 4.69) is 20.8 Å². The second-order valence-corrected chi connectivity index (χ2v) is 5.53. The Balaban J connectivity index is 2.48. The van der Waals surface area contributed by atoms with Gasteiger partial charge in [-0.15, -0.1) is 0 Å². The lowest BCUT2D eigenvalue weighted by molar-refractivity contribution is -0.160. The minimum Gasteiger partial charge on any atom is -0.460 e. The number of rotatable bonds is 5. The highest BCUT2D eigenvalue weighted by Gasteiger charge is 2.33. The topological polar surface area (TPSA) is 35.5 Å². The van der Waals surface area contributed by atoms with Gasteiger partial charge in [-0.3, -0.25) is 0 Å². The zero-order chi connectivity index (χ0) is 12.8. The molecule has 0 heterocycles. The first kappa shape index (κ1) is 14.8. The standard InChI is InChI=1S/C13H23ClO3/c1-9(2)11-5-4-10(3)6-12(11)17-13(15)7-16-8-14/h9-12H,4-8H2,1-3H3/t10?,11-,12?/m0/s1. The number of alkyl halides is 1. The summed E-state index contributed by atoms with van der Waals surface area (Å²) in [4.78, 5) is 11.5. The van der Waals surface area contributed by atoms with Gasteiger partial charge in [0.15, 0.2) is 0 Å². The van der Waals surface area contributed by atoms with Gasteiger partial charge in [0, 0.05) is 0 Å². The molecular weight excluding hydrogens is 240 g/mol. The average Bonchev–Trinajstić information content (AvgIpc) is 2.26. The first-order valence-electron chi connectivity index (χ1n) is 6.37. The van der Waals surface area contributed by atoms with Crippen molar-refractivity contribution in [1.29, 1.82) is 0 Å². The Morgan fingerprint density at radius 2 is 2.12 bits per heavy atom. The predicted molar refractivity (Wildman–Crippen MR) is 67.9 cm³/mol. The fourth-order valence-electron chi connectivity index (χ4n) is 2.57. The molecule has 3 nitrogen and oxygen atoms in total. The molecule has 0 saturated heterocycles. The van der Waals surface area contributed by atoms with Crippen LogP contribution in [0.4, 0.5) is 0 Å². The van der Waals surface area contributed by atoms with E-state index >= 15 is 0 Å². The minimum atomic E-state index is -0.296. The molecule has 17 heavy (non-hydrogen) atoms. The van der Waals surface area contributed by atoms with Gasteiger partial charge in [-0.05, 0) is 30.6 Å². The Kier molecular flexibility index (Phi) is 6.28. The molecule has 4 heteroatoms. The summed E-state index contributed by atoms with van der Waals surface area (Å²) in [6, 6.07) is 0.0315. The van der Waals surface area contributed by atoms with Gasteiger partial charge in [0.1, 0.15) is 18.8 Å². The molecule has 0 aromatic heterocycles. The first-order chi connectivity index (χ1) is 8.04. The summed E-state index contributed by atoms with van der Waals surface area (Å²) in [5.41, 5.74) is 0. The van der Waals surface area contributed by atoms with E-state index in [1.165, 1.54) is 6.42 Å². The van der Waals surface area contributed by atoms with Crippen molar-refractivity contribution >= 4 is 17.6 Å². The van der Waals surface area contributed by atoms with Crippen LogP contribution in [0.5, 0.6) is 0 Å². The van der Waals surface area contributed by atoms with Crippen LogP contribution in [0.3, 0.4) is 0 Å². The predicted octanol–water partition coefficient (Wildman–Crippen LogP) is 3.20. The largest absolute Gasteiger partial charge is 0.460 e. The van der Waals surface area contributed by atoms with Crippen LogP contribution >= 0.6 is 11.6 Å². The lowest BCUT2D eigenvalue weighted by Crippen LogP contribution is -2.36. The zero-order valence-corrected chi connectivity index (χ0v) is 11.7. The molecule has 3 atom stereocenters. The van der Waals surface area contributed by atoms with Gasteiger partial charge in [-0.25, -0.2) is 4.79 Å². The SMILES string of the molecule is CC1CC[C@@H](C(C)C)C(OC(=O)COCCl)C1. The molecule has 0 aromatic carbocycles. The molecule has 1 aliphatic carbocycles. The van der Waals surface area contributed by atoms with Crippen LogP contribution in [-0.4, -0.2) is 24.7 Å². The molecule has 1 rings (SSSR count). The molecule has 1 saturated carbocycles. The van der Waals surface area contributed by atoms with Crippen LogP contribution < -0.4 is 0 Å². The maximum absolute atomic E-state index is 11.5. The molecule has 0 amide bonds. The molecule has 0 N–H and O–H groups in total. The van der Waals surface area contributed by atoms with Crippen LogP contribution in [0.25, 0.3) is 0 Å². The van der Waals surface area contributed by atoms with Crippen LogP contribution in [0.2, 0.25) is 0 Å². The van der Waals surface area contributed by atoms with Crippen molar-refractivity contribution in [1.82, 2.24) is 0 Å². The quantitative estimate of drug-likeness (QED) is 0.564. The highest BCUT2D eigenvalue weighted by atomic mass is 35.5. The second kappa shape index (κ2) is 7.22. The number of carbonyl (C=O) groups excluding carboxylic acids is 1. The third-order valence-corrected chi connectivity index (χ3v) is 3.70. The van der Waals surface area contributed by atoms with Gasteiger partial charge >= 0.3 is 5.97 Å². The van der Waals surface area contributed by atoms with E-state index in [0.29, 0.717) is 17.8 Å². The van der Waals surface area contributed by atoms with E-state index in [9.17, 15) is 4.79 Å². The van der Waals surface area contributed by atoms with E-state index in [4.69, 9.17) is 21.1 Å². The summed E-state index contributed by atoms with van der Waals surface area (Å²) >= 11 is 5.36. The lowest BCUT2D eigenvalue weighted by atomic mass is 9.75. The van der Waals surface area contributed by atoms with Gasteiger partial charge < -0.3 is 9.47 Å². The van der Waals surface area contributed by atoms with E-state index in [-0.39, 0.29) is 24.7 Å². The summed E-state index contributed by atoms with van der Waals surface area (Å²) in [7, 11) is 0. The van der Waals surface area contributed by atoms with E-state index < -0.39 is 0 Å². The molecular formula is C13H23ClO3. The number of hydrogen-bond acceptors (Lipinski definition) is 3. The number of halogens is 1. The maximum Gasteiger partial charge on any atom is 0.332 e. The molecule has 0 bridgehead atoms. The summed E-state index contributed by atoms with van der Waals surface area (Å²) in [6.45, 7) is 6.55. The average molecular weight is 263 g/mol. The molecule has 0 radical (unpaired) electrons. The van der Waals surface area contributed by atoms with Gasteiger partial charge in [0.25, 0.3) is 0 Å². The van der Waals surface area contributed by atoms with Crippen molar-refractivity contribution in [2.24, 2.45) is 17.8 Å². The molecule has 0 aromatic rings. The Morgan fingerprint density at radius 3 is 2.71 bits per heavy atom. The summed E-state index contributed by atoms with van der Waals surface area (Å²) in [5, 5.41) is 0. The third kappa shape index (κ3) is 4.84. The monoisotopic (exact) mass is 262 g/mol. The summed E-state index contributed by atoms with van der Waals surface area (Å²) < 4.78 is 10.4. The number of hydrogen-bond donors (Lipinski definition) is 0. The zero-order valence-electron chi connectivity index (χ0n) is 10.9. The molecule has 100 valence electrons. The van der Waals surface area contributed by atoms with Crippen molar-refractivity contribution in [2.75, 3.05) is 12.7 Å². The van der Waals surface area contributed by atoms with Gasteiger partial charge in [0.2, 0.25) is 0 Å². The Bertz CT molecular complexity index is 243. The van der Waals surface area contributed by atoms with Crippen LogP contribution in [-0.2, 0) is 14.3 Å². The number of carbonyl (C=O) groups is 1. The highest BCUT2D eigenvalue weighted by Crippen LogP contribution is 2.35. The Labute approximate surface area is 109 Å². The van der Waals surface area contributed by atoms with Crippen molar-refractivity contribution < 1.29 is 14.3 Å². The van der Waals surface area contributed by atoms with Crippen LogP contribution in [0, 0.1) is 17.8 Å². The van der Waals surface area contributed by atoms with Crippen molar-refractivity contribution in [3.8, 4) is 0 Å². The van der Waals surface area contributed by atoms with Crippen LogP contribution in [0.1, 0.15) is 40.0 Å². The molecule has 2 unspecified atom stereocenters. The van der Waals surface area contributed by atoms with E-state index in [0.717, 1.165) is 12.8 Å². The Hall–Kier alpha value is -0.280. The van der Waals surface area contributed by atoms with E-state index in [1.807, 2.05) is 0 Å². The van der Waals surface area contributed by atoms with Gasteiger partial charge in [0.05, 0.1) is 0 Å². The summed E-state index contributed by atoms with van der Waals surface area (Å²) in [6.07, 6.45) is 3.39. The fraction of sp³-hybridized carbons (Fsp3) is 0.923. The minimum absolute atomic E-state index is 0.0315. The highest BCUT2D eigenvalue weighted by molar-refractivity contribution is 6.17. The first-order valence-corrected chi connectivity index (χ1v) is 6.91. The maximum atomic E-state index is 11.5. The van der Waals surface area contributed by atoms with Crippen molar-refractivity contribution in [2.45, 2.75) is 46.1 Å². The van der Waals surface area contributed by atoms with E-state index in [1.54, 1.807) is 0 Å². The third-order valence-electron chi connectivity index (χ3n) is 3.54. The summed E-state index contributed by atoms with van der Waals surface area (Å²) in [5.74, 6) is 1.37. The molecule has 0 spiro atoms. The van der Waals surface area contributed by atoms with Crippen molar-refractivity contribution in [3.63, 3.8) is 0 Å². The number of esters is 1. The molecule has 0 aliphatic heterocycles. The number of ether oxygens (including phenoxy) is 2. The lowest BCUT2D eigenvalue weighted by Gasteiger charge is -2.36. The van der Waals surface area contributed by atoms with Gasteiger partial charge in [-0.1, -0.05) is 38.8 Å². The fourth-order valence-corrected chi connectivity index (χ4v) is 2.65. The normalized spacial score (nSPS) is 29.4.